The minimum Gasteiger partial charge on any atom is -0.293 e. The number of aryl methyl sites for hydroxylation is 1. The zero-order valence-corrected chi connectivity index (χ0v) is 19.8. The van der Waals surface area contributed by atoms with E-state index in [1.807, 2.05) is 13.0 Å². The minimum atomic E-state index is -3.88. The fourth-order valence-electron chi connectivity index (χ4n) is 2.87. The molecule has 0 spiro atoms. The molecule has 0 aromatic heterocycles. The van der Waals surface area contributed by atoms with Crippen molar-refractivity contribution in [3.63, 3.8) is 0 Å². The van der Waals surface area contributed by atoms with Crippen LogP contribution in [0.2, 0.25) is 10.0 Å². The molecule has 0 radical (unpaired) electrons. The van der Waals surface area contributed by atoms with Gasteiger partial charge in [-0.3, -0.25) is 4.79 Å². The van der Waals surface area contributed by atoms with Crippen LogP contribution in [0.4, 0.5) is 0 Å². The molecule has 4 nitrogen and oxygen atoms in total. The van der Waals surface area contributed by atoms with E-state index in [9.17, 15) is 13.2 Å². The minimum absolute atomic E-state index is 0.121. The predicted molar refractivity (Wildman–Crippen MR) is 124 cm³/mol. The zero-order chi connectivity index (χ0) is 21.9. The largest absolute Gasteiger partial charge is 0.293 e. The summed E-state index contributed by atoms with van der Waals surface area (Å²) in [4.78, 5) is 12.4. The van der Waals surface area contributed by atoms with Crippen LogP contribution in [-0.2, 0) is 10.0 Å². The van der Waals surface area contributed by atoms with E-state index in [-0.39, 0.29) is 15.7 Å². The van der Waals surface area contributed by atoms with Gasteiger partial charge in [-0.25, -0.2) is 13.1 Å². The lowest BCUT2D eigenvalue weighted by Crippen LogP contribution is -2.37. The number of alkyl halides is 1. The van der Waals surface area contributed by atoms with Crippen molar-refractivity contribution in [3.05, 3.63) is 99.5 Å². The zero-order valence-electron chi connectivity index (χ0n) is 15.8. The summed E-state index contributed by atoms with van der Waals surface area (Å²) in [5.74, 6) is -0.325. The summed E-state index contributed by atoms with van der Waals surface area (Å²) in [6.45, 7) is 1.88. The molecule has 0 amide bonds. The van der Waals surface area contributed by atoms with Crippen molar-refractivity contribution < 1.29 is 13.2 Å². The fraction of sp³-hybridized carbons (Fsp3) is 0.136. The maximum atomic E-state index is 13.1. The van der Waals surface area contributed by atoms with E-state index in [1.165, 1.54) is 24.3 Å². The number of rotatable bonds is 7. The molecule has 0 aliphatic heterocycles. The van der Waals surface area contributed by atoms with Gasteiger partial charge in [0.15, 0.2) is 5.78 Å². The number of Topliss-reactive ketones (excluding diaryl/α,β-unsaturated/α-hetero) is 1. The highest BCUT2D eigenvalue weighted by molar-refractivity contribution is 9.10. The summed E-state index contributed by atoms with van der Waals surface area (Å²) >= 11 is 15.4. The third-order valence-corrected chi connectivity index (χ3v) is 7.66. The van der Waals surface area contributed by atoms with E-state index in [1.54, 1.807) is 42.5 Å². The fourth-order valence-corrected chi connectivity index (χ4v) is 5.28. The Morgan fingerprint density at radius 3 is 2.17 bits per heavy atom. The number of sulfonamides is 1. The average Bonchev–Trinajstić information content (AvgIpc) is 2.74. The van der Waals surface area contributed by atoms with Crippen molar-refractivity contribution >= 4 is 54.9 Å². The van der Waals surface area contributed by atoms with Gasteiger partial charge in [-0.15, -0.1) is 0 Å². The summed E-state index contributed by atoms with van der Waals surface area (Å²) in [6.07, 6.45) is 0. The monoisotopic (exact) mass is 525 g/mol. The Balaban J connectivity index is 1.97. The highest BCUT2D eigenvalue weighted by atomic mass is 79.9. The van der Waals surface area contributed by atoms with Gasteiger partial charge in [0.25, 0.3) is 0 Å². The summed E-state index contributed by atoms with van der Waals surface area (Å²) in [7, 11) is -3.88. The van der Waals surface area contributed by atoms with Gasteiger partial charge >= 0.3 is 0 Å². The van der Waals surface area contributed by atoms with Crippen LogP contribution in [0, 0.1) is 6.92 Å². The molecule has 30 heavy (non-hydrogen) atoms. The molecule has 0 unspecified atom stereocenters. The van der Waals surface area contributed by atoms with Gasteiger partial charge in [-0.1, -0.05) is 87.2 Å². The maximum Gasteiger partial charge on any atom is 0.241 e. The second-order valence-electron chi connectivity index (χ2n) is 6.72. The Bertz CT molecular complexity index is 1150. The van der Waals surface area contributed by atoms with Crippen molar-refractivity contribution in [3.8, 4) is 0 Å². The molecule has 0 saturated heterocycles. The van der Waals surface area contributed by atoms with Crippen molar-refractivity contribution in [1.29, 1.82) is 0 Å². The highest BCUT2D eigenvalue weighted by Crippen LogP contribution is 2.30. The van der Waals surface area contributed by atoms with Crippen LogP contribution in [0.25, 0.3) is 0 Å². The molecule has 3 aromatic rings. The Morgan fingerprint density at radius 1 is 0.933 bits per heavy atom. The first-order chi connectivity index (χ1) is 14.2. The molecule has 0 saturated carbocycles. The number of hydrogen-bond donors (Lipinski definition) is 1. The quantitative estimate of drug-likeness (QED) is 0.305. The number of carbonyl (C=O) groups is 1. The van der Waals surface area contributed by atoms with Crippen LogP contribution in [0.1, 0.15) is 27.5 Å². The number of hydrogen-bond acceptors (Lipinski definition) is 3. The van der Waals surface area contributed by atoms with Gasteiger partial charge < -0.3 is 0 Å². The molecule has 2 atom stereocenters. The van der Waals surface area contributed by atoms with E-state index >= 15 is 0 Å². The van der Waals surface area contributed by atoms with Gasteiger partial charge in [0.2, 0.25) is 10.0 Å². The van der Waals surface area contributed by atoms with Gasteiger partial charge in [0.1, 0.15) is 0 Å². The first kappa shape index (κ1) is 23.0. The second kappa shape index (κ2) is 9.62. The molecular formula is C22H18BrCl2NO3S. The molecule has 156 valence electrons. The third-order valence-electron chi connectivity index (χ3n) is 4.52. The molecule has 8 heteroatoms. The maximum absolute atomic E-state index is 13.1. The molecular weight excluding hydrogens is 509 g/mol. The molecule has 0 heterocycles. The standard InChI is InChI=1S/C22H18BrCl2NO3S/c1-14-7-10-17(11-8-14)30(28,29)26-21(15-5-3-2-4-6-15)20(23)22(27)16-9-12-18(24)19(25)13-16/h2-13,20-21,26H,1H3/t20-,21-/m1/s1. The van der Waals surface area contributed by atoms with Crippen molar-refractivity contribution in [2.24, 2.45) is 0 Å². The molecule has 0 fully saturated rings. The molecule has 3 rings (SSSR count). The normalized spacial score (nSPS) is 13.6. The first-order valence-electron chi connectivity index (χ1n) is 8.96. The lowest BCUT2D eigenvalue weighted by Gasteiger charge is -2.24. The van der Waals surface area contributed by atoms with Crippen LogP contribution in [0.3, 0.4) is 0 Å². The lowest BCUT2D eigenvalue weighted by molar-refractivity contribution is 0.0982. The molecule has 0 aliphatic carbocycles. The summed E-state index contributed by atoms with van der Waals surface area (Å²) in [5, 5.41) is 0.581. The van der Waals surface area contributed by atoms with Crippen molar-refractivity contribution in [2.45, 2.75) is 22.7 Å². The molecule has 3 aromatic carbocycles. The number of carbonyl (C=O) groups excluding carboxylic acids is 1. The summed E-state index contributed by atoms with van der Waals surface area (Å²) < 4.78 is 28.7. The van der Waals surface area contributed by atoms with E-state index < -0.39 is 20.9 Å². The Kier molecular flexibility index (Phi) is 7.37. The number of nitrogens with one attached hydrogen (secondary N) is 1. The van der Waals surface area contributed by atoms with Gasteiger partial charge in [0, 0.05) is 5.56 Å². The topological polar surface area (TPSA) is 63.2 Å². The second-order valence-corrected chi connectivity index (χ2v) is 10.2. The Hall–Kier alpha value is -1.70. The van der Waals surface area contributed by atoms with Crippen LogP contribution < -0.4 is 4.72 Å². The summed E-state index contributed by atoms with van der Waals surface area (Å²) in [5.41, 5.74) is 1.91. The van der Waals surface area contributed by atoms with Crippen LogP contribution >= 0.6 is 39.1 Å². The predicted octanol–water partition coefficient (Wildman–Crippen LogP) is 5.97. The van der Waals surface area contributed by atoms with Crippen molar-refractivity contribution in [2.75, 3.05) is 0 Å². The van der Waals surface area contributed by atoms with Crippen LogP contribution in [-0.4, -0.2) is 19.0 Å². The summed E-state index contributed by atoms with van der Waals surface area (Å²) in [6, 6.07) is 19.1. The molecule has 1 N–H and O–H groups in total. The smallest absolute Gasteiger partial charge is 0.241 e. The molecule has 0 aliphatic rings. The van der Waals surface area contributed by atoms with E-state index in [4.69, 9.17) is 23.2 Å². The van der Waals surface area contributed by atoms with Crippen molar-refractivity contribution in [1.82, 2.24) is 4.72 Å². The number of benzene rings is 3. The van der Waals surface area contributed by atoms with Gasteiger partial charge in [-0.2, -0.15) is 0 Å². The van der Waals surface area contributed by atoms with Crippen LogP contribution in [0.5, 0.6) is 0 Å². The number of ketones is 1. The van der Waals surface area contributed by atoms with E-state index in [0.717, 1.165) is 5.56 Å². The number of halogens is 3. The van der Waals surface area contributed by atoms with Crippen LogP contribution in [0.15, 0.2) is 77.7 Å². The van der Waals surface area contributed by atoms with E-state index in [0.29, 0.717) is 16.1 Å². The first-order valence-corrected chi connectivity index (χ1v) is 12.1. The van der Waals surface area contributed by atoms with Gasteiger partial charge in [0.05, 0.1) is 25.8 Å². The highest BCUT2D eigenvalue weighted by Gasteiger charge is 2.32. The Morgan fingerprint density at radius 2 is 1.57 bits per heavy atom. The lowest BCUT2D eigenvalue weighted by atomic mass is 9.98. The SMILES string of the molecule is Cc1ccc(S(=O)(=O)N[C@H](c2ccccc2)[C@@H](Br)C(=O)c2ccc(Cl)c(Cl)c2)cc1. The van der Waals surface area contributed by atoms with Gasteiger partial charge in [-0.05, 0) is 42.8 Å². The Labute approximate surface area is 194 Å². The van der Waals surface area contributed by atoms with E-state index in [2.05, 4.69) is 20.7 Å². The average molecular weight is 527 g/mol. The third kappa shape index (κ3) is 5.31. The molecule has 0 bridgehead atoms.